The van der Waals surface area contributed by atoms with Crippen LogP contribution in [0.15, 0.2) is 30.6 Å². The molecule has 0 aliphatic rings. The first kappa shape index (κ1) is 8.71. The van der Waals surface area contributed by atoms with Crippen molar-refractivity contribution in [1.82, 2.24) is 9.38 Å². The fourth-order valence-electron chi connectivity index (χ4n) is 1.28. The molecule has 0 aliphatic heterocycles. The predicted molar refractivity (Wildman–Crippen MR) is 47.8 cm³/mol. The highest BCUT2D eigenvalue weighted by molar-refractivity contribution is 5.73. The van der Waals surface area contributed by atoms with Gasteiger partial charge in [-0.25, -0.2) is 9.78 Å². The number of imidazole rings is 1. The fourth-order valence-corrected chi connectivity index (χ4v) is 1.28. The first-order chi connectivity index (χ1) is 6.70. The van der Waals surface area contributed by atoms with Gasteiger partial charge in [-0.1, -0.05) is 6.07 Å². The van der Waals surface area contributed by atoms with Crippen LogP contribution in [0.1, 0.15) is 11.8 Å². The van der Waals surface area contributed by atoms with Crippen molar-refractivity contribution in [2.75, 3.05) is 0 Å². The molecule has 0 saturated heterocycles. The van der Waals surface area contributed by atoms with E-state index in [2.05, 4.69) is 4.98 Å². The van der Waals surface area contributed by atoms with Crippen LogP contribution in [0.25, 0.3) is 5.65 Å². The molecule has 5 nitrogen and oxygen atoms in total. The molecule has 1 atom stereocenters. The lowest BCUT2D eigenvalue weighted by Gasteiger charge is -2.04. The van der Waals surface area contributed by atoms with Gasteiger partial charge in [-0.2, -0.15) is 0 Å². The normalized spacial score (nSPS) is 12.9. The Morgan fingerprint density at radius 1 is 1.50 bits per heavy atom. The van der Waals surface area contributed by atoms with Gasteiger partial charge in [-0.05, 0) is 12.1 Å². The van der Waals surface area contributed by atoms with Crippen LogP contribution in [-0.4, -0.2) is 25.6 Å². The van der Waals surface area contributed by atoms with Gasteiger partial charge in [0.1, 0.15) is 5.65 Å². The number of aromatic nitrogens is 2. The highest BCUT2D eigenvalue weighted by Crippen LogP contribution is 2.14. The molecule has 0 aromatic carbocycles. The monoisotopic (exact) mass is 192 g/mol. The summed E-state index contributed by atoms with van der Waals surface area (Å²) in [7, 11) is 0. The highest BCUT2D eigenvalue weighted by atomic mass is 16.4. The maximum Gasteiger partial charge on any atom is 0.338 e. The molecule has 0 radical (unpaired) electrons. The van der Waals surface area contributed by atoms with Crippen molar-refractivity contribution >= 4 is 11.6 Å². The smallest absolute Gasteiger partial charge is 0.338 e. The van der Waals surface area contributed by atoms with Gasteiger partial charge in [0.15, 0.2) is 6.10 Å². The van der Waals surface area contributed by atoms with Crippen molar-refractivity contribution in [2.24, 2.45) is 0 Å². The molecule has 2 aromatic heterocycles. The Morgan fingerprint density at radius 2 is 2.29 bits per heavy atom. The molecule has 1 unspecified atom stereocenters. The van der Waals surface area contributed by atoms with Gasteiger partial charge in [-0.3, -0.25) is 0 Å². The van der Waals surface area contributed by atoms with E-state index in [0.29, 0.717) is 5.65 Å². The third-order valence-electron chi connectivity index (χ3n) is 1.96. The largest absolute Gasteiger partial charge is 0.479 e. The molecule has 14 heavy (non-hydrogen) atoms. The number of carbonyl (C=O) groups is 1. The van der Waals surface area contributed by atoms with Crippen LogP contribution in [0.5, 0.6) is 0 Å². The number of pyridine rings is 1. The Balaban J connectivity index is 2.58. The second kappa shape index (κ2) is 3.12. The number of rotatable bonds is 2. The van der Waals surface area contributed by atoms with Crippen LogP contribution in [-0.2, 0) is 4.79 Å². The van der Waals surface area contributed by atoms with Gasteiger partial charge in [0.2, 0.25) is 0 Å². The summed E-state index contributed by atoms with van der Waals surface area (Å²) < 4.78 is 1.54. The van der Waals surface area contributed by atoms with Gasteiger partial charge >= 0.3 is 5.97 Å². The van der Waals surface area contributed by atoms with E-state index in [1.54, 1.807) is 28.8 Å². The summed E-state index contributed by atoms with van der Waals surface area (Å²) in [5, 5.41) is 17.9. The second-order valence-corrected chi connectivity index (χ2v) is 2.85. The minimum Gasteiger partial charge on any atom is -0.479 e. The first-order valence-corrected chi connectivity index (χ1v) is 4.03. The molecule has 0 fully saturated rings. The van der Waals surface area contributed by atoms with Crippen molar-refractivity contribution in [3.63, 3.8) is 0 Å². The predicted octanol–water partition coefficient (Wildman–Crippen LogP) is 0.452. The van der Waals surface area contributed by atoms with Crippen molar-refractivity contribution in [2.45, 2.75) is 6.10 Å². The molecule has 2 rings (SSSR count). The molecular formula is C9H8N2O3. The van der Waals surface area contributed by atoms with Crippen LogP contribution in [0.4, 0.5) is 0 Å². The average Bonchev–Trinajstić information content (AvgIpc) is 2.60. The number of aliphatic hydroxyl groups excluding tert-OH is 1. The SMILES string of the molecule is O=C(O)C(O)c1cnc2ccccn12. The van der Waals surface area contributed by atoms with E-state index in [1.165, 1.54) is 6.20 Å². The Kier molecular flexibility index (Phi) is 1.94. The molecule has 0 aliphatic carbocycles. The van der Waals surface area contributed by atoms with Gasteiger partial charge < -0.3 is 14.6 Å². The average molecular weight is 192 g/mol. The number of carboxylic acids is 1. The number of fused-ring (bicyclic) bond motifs is 1. The standard InChI is InChI=1S/C9H8N2O3/c12-8(9(13)14)6-5-10-7-3-1-2-4-11(6)7/h1-5,8,12H,(H,13,14). The molecule has 5 heteroatoms. The Morgan fingerprint density at radius 3 is 3.00 bits per heavy atom. The molecule has 2 N–H and O–H groups in total. The summed E-state index contributed by atoms with van der Waals surface area (Å²) in [6, 6.07) is 5.27. The zero-order chi connectivity index (χ0) is 10.1. The number of carboxylic acid groups (broad SMARTS) is 1. The molecule has 0 spiro atoms. The first-order valence-electron chi connectivity index (χ1n) is 4.03. The maximum atomic E-state index is 10.6. The Bertz CT molecular complexity index is 478. The highest BCUT2D eigenvalue weighted by Gasteiger charge is 2.19. The zero-order valence-corrected chi connectivity index (χ0v) is 7.16. The van der Waals surface area contributed by atoms with Gasteiger partial charge in [0.05, 0.1) is 11.9 Å². The third kappa shape index (κ3) is 1.23. The summed E-state index contributed by atoms with van der Waals surface area (Å²) >= 11 is 0. The Hall–Kier alpha value is -1.88. The summed E-state index contributed by atoms with van der Waals surface area (Å²) in [4.78, 5) is 14.5. The van der Waals surface area contributed by atoms with E-state index in [9.17, 15) is 9.90 Å². The van der Waals surface area contributed by atoms with E-state index in [4.69, 9.17) is 5.11 Å². The number of aliphatic hydroxyl groups is 1. The maximum absolute atomic E-state index is 10.6. The van der Waals surface area contributed by atoms with E-state index < -0.39 is 12.1 Å². The molecule has 0 amide bonds. The van der Waals surface area contributed by atoms with Crippen LogP contribution in [0, 0.1) is 0 Å². The lowest BCUT2D eigenvalue weighted by molar-refractivity contribution is -0.147. The molecule has 2 aromatic rings. The minimum absolute atomic E-state index is 0.258. The van der Waals surface area contributed by atoms with Crippen LogP contribution in [0.2, 0.25) is 0 Å². The van der Waals surface area contributed by atoms with Crippen LogP contribution < -0.4 is 0 Å². The molecule has 0 bridgehead atoms. The molecule has 72 valence electrons. The van der Waals surface area contributed by atoms with Crippen molar-refractivity contribution < 1.29 is 15.0 Å². The number of hydrogen-bond donors (Lipinski definition) is 2. The third-order valence-corrected chi connectivity index (χ3v) is 1.96. The van der Waals surface area contributed by atoms with Gasteiger partial charge in [-0.15, -0.1) is 0 Å². The van der Waals surface area contributed by atoms with Gasteiger partial charge in [0, 0.05) is 6.20 Å². The number of nitrogens with zero attached hydrogens (tertiary/aromatic N) is 2. The summed E-state index contributed by atoms with van der Waals surface area (Å²) in [5.74, 6) is -1.28. The van der Waals surface area contributed by atoms with Crippen LogP contribution >= 0.6 is 0 Å². The van der Waals surface area contributed by atoms with E-state index in [0.717, 1.165) is 0 Å². The van der Waals surface area contributed by atoms with Gasteiger partial charge in [0.25, 0.3) is 0 Å². The van der Waals surface area contributed by atoms with Crippen LogP contribution in [0.3, 0.4) is 0 Å². The van der Waals surface area contributed by atoms with E-state index in [-0.39, 0.29) is 5.69 Å². The van der Waals surface area contributed by atoms with Crippen molar-refractivity contribution in [1.29, 1.82) is 0 Å². The molecule has 2 heterocycles. The van der Waals surface area contributed by atoms with E-state index in [1.807, 2.05) is 0 Å². The summed E-state index contributed by atoms with van der Waals surface area (Å²) in [5.41, 5.74) is 0.871. The molecule has 0 saturated carbocycles. The number of hydrogen-bond acceptors (Lipinski definition) is 3. The zero-order valence-electron chi connectivity index (χ0n) is 7.16. The topological polar surface area (TPSA) is 74.8 Å². The quantitative estimate of drug-likeness (QED) is 0.724. The lowest BCUT2D eigenvalue weighted by atomic mass is 10.3. The second-order valence-electron chi connectivity index (χ2n) is 2.85. The number of aliphatic carboxylic acids is 1. The summed E-state index contributed by atoms with van der Waals surface area (Å²) in [6.07, 6.45) is 1.48. The van der Waals surface area contributed by atoms with Crippen molar-refractivity contribution in [3.8, 4) is 0 Å². The summed E-state index contributed by atoms with van der Waals surface area (Å²) in [6.45, 7) is 0. The Labute approximate surface area is 79.2 Å². The minimum atomic E-state index is -1.53. The van der Waals surface area contributed by atoms with Crippen molar-refractivity contribution in [3.05, 3.63) is 36.3 Å². The lowest BCUT2D eigenvalue weighted by Crippen LogP contribution is -2.12. The van der Waals surface area contributed by atoms with E-state index >= 15 is 0 Å². The fraction of sp³-hybridized carbons (Fsp3) is 0.111. The molecular weight excluding hydrogens is 184 g/mol.